The molecule has 0 atom stereocenters. The molecular weight excluding hydrogens is 302 g/mol. The average molecular weight is 319 g/mol. The van der Waals surface area contributed by atoms with Gasteiger partial charge in [-0.3, -0.25) is 9.59 Å². The van der Waals surface area contributed by atoms with E-state index >= 15 is 0 Å². The van der Waals surface area contributed by atoms with Crippen molar-refractivity contribution in [2.75, 3.05) is 0 Å². The van der Waals surface area contributed by atoms with E-state index in [2.05, 4.69) is 4.99 Å². The van der Waals surface area contributed by atoms with E-state index in [-0.39, 0.29) is 11.1 Å². The van der Waals surface area contributed by atoms with Crippen molar-refractivity contribution in [2.45, 2.75) is 6.54 Å². The van der Waals surface area contributed by atoms with E-state index in [4.69, 9.17) is 0 Å². The topological polar surface area (TPSA) is 56.4 Å². The molecule has 0 N–H and O–H groups in total. The quantitative estimate of drug-likeness (QED) is 0.741. The predicted molar refractivity (Wildman–Crippen MR) is 91.6 cm³/mol. The van der Waals surface area contributed by atoms with Crippen LogP contribution in [0.5, 0.6) is 0 Å². The summed E-state index contributed by atoms with van der Waals surface area (Å²) in [5.74, 6) is -0.430. The molecular formula is C19H17N3O2. The number of rotatable bonds is 3. The second-order valence-corrected chi connectivity index (χ2v) is 5.45. The van der Waals surface area contributed by atoms with Crippen LogP contribution in [0.4, 0.5) is 0 Å². The van der Waals surface area contributed by atoms with Crippen LogP contribution in [0.1, 0.15) is 15.9 Å². The van der Waals surface area contributed by atoms with Gasteiger partial charge in [0.15, 0.2) is 0 Å². The lowest BCUT2D eigenvalue weighted by atomic mass is 10.2. The number of carbonyl (C=O) groups is 1. The number of amides is 1. The number of hydrogen-bond donors (Lipinski definition) is 0. The molecule has 24 heavy (non-hydrogen) atoms. The monoisotopic (exact) mass is 319 g/mol. The first-order valence-electron chi connectivity index (χ1n) is 7.58. The van der Waals surface area contributed by atoms with E-state index in [9.17, 15) is 9.59 Å². The second-order valence-electron chi connectivity index (χ2n) is 5.45. The number of nitrogens with zero attached hydrogens (tertiary/aromatic N) is 3. The number of aryl methyl sites for hydroxylation is 1. The minimum Gasteiger partial charge on any atom is -0.328 e. The fourth-order valence-electron chi connectivity index (χ4n) is 2.33. The van der Waals surface area contributed by atoms with Gasteiger partial charge in [0, 0.05) is 37.6 Å². The van der Waals surface area contributed by atoms with E-state index < -0.39 is 5.91 Å². The molecule has 0 radical (unpaired) electrons. The summed E-state index contributed by atoms with van der Waals surface area (Å²) >= 11 is 0. The van der Waals surface area contributed by atoms with Crippen molar-refractivity contribution in [3.05, 3.63) is 100 Å². The van der Waals surface area contributed by atoms with Gasteiger partial charge < -0.3 is 9.13 Å². The highest BCUT2D eigenvalue weighted by Gasteiger charge is 2.06. The van der Waals surface area contributed by atoms with E-state index in [1.54, 1.807) is 25.4 Å². The zero-order valence-electron chi connectivity index (χ0n) is 13.3. The van der Waals surface area contributed by atoms with Gasteiger partial charge in [0.05, 0.1) is 0 Å². The molecule has 1 aromatic carbocycles. The Morgan fingerprint density at radius 2 is 1.75 bits per heavy atom. The van der Waals surface area contributed by atoms with Gasteiger partial charge in [-0.25, -0.2) is 0 Å². The molecule has 3 aromatic rings. The Bertz CT molecular complexity index is 985. The molecule has 2 aromatic heterocycles. The van der Waals surface area contributed by atoms with E-state index in [0.29, 0.717) is 12.0 Å². The first-order valence-corrected chi connectivity index (χ1v) is 7.58. The summed E-state index contributed by atoms with van der Waals surface area (Å²) in [5.41, 5.74) is 1.72. The lowest BCUT2D eigenvalue weighted by molar-refractivity contribution is 0.0997. The first-order chi connectivity index (χ1) is 11.6. The van der Waals surface area contributed by atoms with Crippen LogP contribution in [0.25, 0.3) is 0 Å². The second kappa shape index (κ2) is 6.91. The van der Waals surface area contributed by atoms with Crippen molar-refractivity contribution in [1.29, 1.82) is 0 Å². The minimum absolute atomic E-state index is 0.235. The number of pyridine rings is 2. The van der Waals surface area contributed by atoms with E-state index in [1.165, 1.54) is 10.6 Å². The highest BCUT2D eigenvalue weighted by molar-refractivity contribution is 5.94. The van der Waals surface area contributed by atoms with Gasteiger partial charge in [0.25, 0.3) is 11.5 Å². The molecule has 0 bridgehead atoms. The Morgan fingerprint density at radius 3 is 2.50 bits per heavy atom. The molecule has 0 saturated heterocycles. The molecule has 2 heterocycles. The van der Waals surface area contributed by atoms with Crippen LogP contribution in [0.15, 0.2) is 82.8 Å². The predicted octanol–water partition coefficient (Wildman–Crippen LogP) is 1.98. The summed E-state index contributed by atoms with van der Waals surface area (Å²) in [6.45, 7) is 0.615. The smallest absolute Gasteiger partial charge is 0.279 e. The maximum Gasteiger partial charge on any atom is 0.279 e. The van der Waals surface area contributed by atoms with Crippen LogP contribution in [0, 0.1) is 0 Å². The van der Waals surface area contributed by atoms with Crippen molar-refractivity contribution >= 4 is 5.91 Å². The molecule has 5 heteroatoms. The van der Waals surface area contributed by atoms with Crippen LogP contribution in [-0.2, 0) is 13.6 Å². The van der Waals surface area contributed by atoms with Gasteiger partial charge in [0.1, 0.15) is 5.49 Å². The minimum atomic E-state index is -0.430. The number of benzene rings is 1. The van der Waals surface area contributed by atoms with Gasteiger partial charge in [-0.05, 0) is 23.8 Å². The molecule has 0 fully saturated rings. The number of hydrogen-bond acceptors (Lipinski definition) is 2. The SMILES string of the molecule is Cn1ccc(C(=O)N=c2ccccn2Cc2ccccc2)cc1=O. The zero-order valence-corrected chi connectivity index (χ0v) is 13.3. The third-order valence-corrected chi connectivity index (χ3v) is 3.68. The summed E-state index contributed by atoms with van der Waals surface area (Å²) in [4.78, 5) is 28.2. The lowest BCUT2D eigenvalue weighted by Gasteiger charge is -2.07. The lowest BCUT2D eigenvalue weighted by Crippen LogP contribution is -2.23. The molecule has 0 aliphatic carbocycles. The van der Waals surface area contributed by atoms with Crippen LogP contribution in [0.3, 0.4) is 0 Å². The van der Waals surface area contributed by atoms with Crippen molar-refractivity contribution in [3.63, 3.8) is 0 Å². The van der Waals surface area contributed by atoms with Gasteiger partial charge in [-0.2, -0.15) is 4.99 Å². The van der Waals surface area contributed by atoms with E-state index in [1.807, 2.05) is 53.2 Å². The highest BCUT2D eigenvalue weighted by Crippen LogP contribution is 2.01. The highest BCUT2D eigenvalue weighted by atomic mass is 16.1. The Labute approximate surface area is 139 Å². The Hall–Kier alpha value is -3.21. The van der Waals surface area contributed by atoms with Crippen LogP contribution in [0.2, 0.25) is 0 Å². The van der Waals surface area contributed by atoms with Crippen LogP contribution >= 0.6 is 0 Å². The molecule has 0 unspecified atom stereocenters. The first kappa shape index (κ1) is 15.7. The van der Waals surface area contributed by atoms with Crippen molar-refractivity contribution < 1.29 is 4.79 Å². The molecule has 0 aliphatic heterocycles. The van der Waals surface area contributed by atoms with Crippen molar-refractivity contribution in [1.82, 2.24) is 9.13 Å². The molecule has 0 aliphatic rings. The van der Waals surface area contributed by atoms with Crippen molar-refractivity contribution in [2.24, 2.45) is 12.0 Å². The Morgan fingerprint density at radius 1 is 1.00 bits per heavy atom. The van der Waals surface area contributed by atoms with Gasteiger partial charge >= 0.3 is 0 Å². The molecule has 1 amide bonds. The normalized spacial score (nSPS) is 11.5. The maximum absolute atomic E-state index is 12.4. The van der Waals surface area contributed by atoms with Crippen molar-refractivity contribution in [3.8, 4) is 0 Å². The Kier molecular flexibility index (Phi) is 4.52. The van der Waals surface area contributed by atoms with Gasteiger partial charge in [-0.15, -0.1) is 0 Å². The molecule has 3 rings (SSSR count). The standard InChI is InChI=1S/C19H17N3O2/c1-21-12-10-16(13-18(21)23)19(24)20-17-9-5-6-11-22(17)14-15-7-3-2-4-8-15/h2-13H,14H2,1H3. The molecule has 0 saturated carbocycles. The summed E-state index contributed by atoms with van der Waals surface area (Å²) in [6, 6.07) is 18.3. The fraction of sp³-hybridized carbons (Fsp3) is 0.105. The molecule has 5 nitrogen and oxygen atoms in total. The van der Waals surface area contributed by atoms with Gasteiger partial charge in [-0.1, -0.05) is 36.4 Å². The summed E-state index contributed by atoms with van der Waals surface area (Å²) < 4.78 is 3.31. The third kappa shape index (κ3) is 3.57. The largest absolute Gasteiger partial charge is 0.328 e. The average Bonchev–Trinajstić information content (AvgIpc) is 2.60. The third-order valence-electron chi connectivity index (χ3n) is 3.68. The van der Waals surface area contributed by atoms with Gasteiger partial charge in [0.2, 0.25) is 0 Å². The van der Waals surface area contributed by atoms with Crippen LogP contribution < -0.4 is 11.0 Å². The van der Waals surface area contributed by atoms with E-state index in [0.717, 1.165) is 5.56 Å². The molecule has 120 valence electrons. The fourth-order valence-corrected chi connectivity index (χ4v) is 2.33. The summed E-state index contributed by atoms with van der Waals surface area (Å²) in [5, 5.41) is 0. The Balaban J connectivity index is 1.96. The zero-order chi connectivity index (χ0) is 16.9. The summed E-state index contributed by atoms with van der Waals surface area (Å²) in [7, 11) is 1.64. The maximum atomic E-state index is 12.4. The molecule has 0 spiro atoms. The number of carbonyl (C=O) groups excluding carboxylic acids is 1. The number of aromatic nitrogens is 2. The summed E-state index contributed by atoms with van der Waals surface area (Å²) in [6.07, 6.45) is 3.44. The van der Waals surface area contributed by atoms with Crippen LogP contribution in [-0.4, -0.2) is 15.0 Å².